The molecule has 0 aliphatic carbocycles. The molecule has 8 nitrogen and oxygen atoms in total. The Labute approximate surface area is 192 Å². The van der Waals surface area contributed by atoms with Gasteiger partial charge in [-0.15, -0.1) is 11.3 Å². The molecule has 3 aromatic heterocycles. The van der Waals surface area contributed by atoms with Crippen LogP contribution in [0.5, 0.6) is 0 Å². The van der Waals surface area contributed by atoms with Crippen molar-refractivity contribution in [1.29, 1.82) is 5.26 Å². The lowest BCUT2D eigenvalue weighted by atomic mass is 9.99. The minimum absolute atomic E-state index is 0. The summed E-state index contributed by atoms with van der Waals surface area (Å²) in [6, 6.07) is 5.72. The fraction of sp³-hybridized carbons (Fsp3) is 0.435. The van der Waals surface area contributed by atoms with Gasteiger partial charge in [0.1, 0.15) is 28.5 Å². The van der Waals surface area contributed by atoms with Crippen molar-refractivity contribution < 1.29 is 4.79 Å². The van der Waals surface area contributed by atoms with Gasteiger partial charge >= 0.3 is 0 Å². The lowest BCUT2D eigenvalue weighted by molar-refractivity contribution is -0.118. The molecule has 0 aromatic carbocycles. The van der Waals surface area contributed by atoms with Crippen molar-refractivity contribution in [2.24, 2.45) is 5.92 Å². The van der Waals surface area contributed by atoms with Crippen molar-refractivity contribution in [3.63, 3.8) is 0 Å². The van der Waals surface area contributed by atoms with Gasteiger partial charge in [-0.3, -0.25) is 9.48 Å². The van der Waals surface area contributed by atoms with Gasteiger partial charge < -0.3 is 10.2 Å². The molecule has 4 rings (SSSR count). The summed E-state index contributed by atoms with van der Waals surface area (Å²) in [5.41, 5.74) is 2.59. The summed E-state index contributed by atoms with van der Waals surface area (Å²) in [4.78, 5) is 25.6. The van der Waals surface area contributed by atoms with E-state index in [9.17, 15) is 4.79 Å². The maximum Gasteiger partial charge on any atom is 0.247 e. The van der Waals surface area contributed by atoms with E-state index >= 15 is 0 Å². The Morgan fingerprint density at radius 3 is 2.75 bits per heavy atom. The highest BCUT2D eigenvalue weighted by molar-refractivity contribution is 7.12. The average Bonchev–Trinajstić information content (AvgIpc) is 3.36. The van der Waals surface area contributed by atoms with Gasteiger partial charge in [-0.2, -0.15) is 10.4 Å². The van der Waals surface area contributed by atoms with Crippen LogP contribution < -0.4 is 10.2 Å². The normalized spacial score (nSPS) is 15.2. The predicted octanol–water partition coefficient (Wildman–Crippen LogP) is 3.80. The highest BCUT2D eigenvalue weighted by Crippen LogP contribution is 2.33. The SMILES string of the molecule is C.Cc1nc(CCc2cnn(Cc3ccc(C#N)s3)c2)nc2c1NC(=O)[C@H](C(C)C)N2C. The average molecular weight is 452 g/mol. The quantitative estimate of drug-likeness (QED) is 0.612. The summed E-state index contributed by atoms with van der Waals surface area (Å²) >= 11 is 1.49. The molecule has 168 valence electrons. The topological polar surface area (TPSA) is 99.7 Å². The summed E-state index contributed by atoms with van der Waals surface area (Å²) in [6.45, 7) is 6.63. The molecule has 0 spiro atoms. The van der Waals surface area contributed by atoms with Gasteiger partial charge in [0.2, 0.25) is 5.91 Å². The van der Waals surface area contributed by atoms with Crippen molar-refractivity contribution in [3.05, 3.63) is 51.4 Å². The fourth-order valence-corrected chi connectivity index (χ4v) is 4.74. The number of amides is 1. The molecule has 0 fully saturated rings. The number of nitrogens with one attached hydrogen (secondary N) is 1. The van der Waals surface area contributed by atoms with E-state index in [1.54, 1.807) is 0 Å². The van der Waals surface area contributed by atoms with E-state index in [4.69, 9.17) is 10.2 Å². The van der Waals surface area contributed by atoms with Crippen LogP contribution in [-0.2, 0) is 24.2 Å². The summed E-state index contributed by atoms with van der Waals surface area (Å²) < 4.78 is 1.89. The maximum atomic E-state index is 12.5. The van der Waals surface area contributed by atoms with Crippen LogP contribution in [0.1, 0.15) is 48.1 Å². The predicted molar refractivity (Wildman–Crippen MR) is 127 cm³/mol. The molecular weight excluding hydrogens is 422 g/mol. The summed E-state index contributed by atoms with van der Waals surface area (Å²) in [5, 5.41) is 16.4. The highest BCUT2D eigenvalue weighted by Gasteiger charge is 2.35. The Hall–Kier alpha value is -3.25. The molecule has 0 saturated carbocycles. The second kappa shape index (κ2) is 9.49. The van der Waals surface area contributed by atoms with E-state index in [1.807, 2.05) is 61.9 Å². The zero-order valence-corrected chi connectivity index (χ0v) is 18.9. The molecule has 0 radical (unpaired) electrons. The van der Waals surface area contributed by atoms with E-state index in [0.29, 0.717) is 23.5 Å². The number of likely N-dealkylation sites (N-methyl/N-ethyl adjacent to an activating group) is 1. The van der Waals surface area contributed by atoms with Crippen LogP contribution >= 0.6 is 11.3 Å². The van der Waals surface area contributed by atoms with Crippen LogP contribution in [-0.4, -0.2) is 38.7 Å². The van der Waals surface area contributed by atoms with Gasteiger partial charge in [0.05, 0.1) is 18.4 Å². The van der Waals surface area contributed by atoms with E-state index in [-0.39, 0.29) is 25.3 Å². The van der Waals surface area contributed by atoms with Gasteiger partial charge in [0.25, 0.3) is 0 Å². The van der Waals surface area contributed by atoms with Crippen LogP contribution in [0, 0.1) is 24.2 Å². The Kier molecular flexibility index (Phi) is 6.94. The molecular formula is C23H29N7OS. The first kappa shape index (κ1) is 23.4. The molecule has 1 aliphatic heterocycles. The number of hydrogen-bond donors (Lipinski definition) is 1. The number of anilines is 2. The van der Waals surface area contributed by atoms with Gasteiger partial charge in [0.15, 0.2) is 5.82 Å². The van der Waals surface area contributed by atoms with Gasteiger partial charge in [-0.1, -0.05) is 21.3 Å². The number of carbonyl (C=O) groups excluding carboxylic acids is 1. The number of carbonyl (C=O) groups is 1. The van der Waals surface area contributed by atoms with Crippen molar-refractivity contribution in [2.75, 3.05) is 17.3 Å². The minimum atomic E-state index is -0.244. The van der Waals surface area contributed by atoms with E-state index in [2.05, 4.69) is 21.5 Å². The highest BCUT2D eigenvalue weighted by atomic mass is 32.1. The first-order chi connectivity index (χ1) is 14.9. The molecule has 0 unspecified atom stereocenters. The fourth-order valence-electron chi connectivity index (χ4n) is 3.94. The van der Waals surface area contributed by atoms with E-state index in [0.717, 1.165) is 34.2 Å². The third-order valence-electron chi connectivity index (χ3n) is 5.43. The van der Waals surface area contributed by atoms with Crippen molar-refractivity contribution >= 4 is 28.7 Å². The van der Waals surface area contributed by atoms with Crippen molar-refractivity contribution in [2.45, 2.75) is 53.6 Å². The first-order valence-corrected chi connectivity index (χ1v) is 11.1. The molecule has 0 bridgehead atoms. The molecule has 0 saturated heterocycles. The number of rotatable bonds is 6. The van der Waals surface area contributed by atoms with Crippen LogP contribution in [0.4, 0.5) is 11.5 Å². The molecule has 32 heavy (non-hydrogen) atoms. The molecule has 4 heterocycles. The number of nitrogens with zero attached hydrogens (tertiary/aromatic N) is 6. The zero-order valence-electron chi connectivity index (χ0n) is 18.1. The number of hydrogen-bond acceptors (Lipinski definition) is 7. The van der Waals surface area contributed by atoms with E-state index in [1.165, 1.54) is 11.3 Å². The molecule has 1 aliphatic rings. The first-order valence-electron chi connectivity index (χ1n) is 10.3. The monoisotopic (exact) mass is 451 g/mol. The number of aryl methyl sites for hydroxylation is 3. The lowest BCUT2D eigenvalue weighted by Gasteiger charge is -2.36. The largest absolute Gasteiger partial charge is 0.346 e. The number of fused-ring (bicyclic) bond motifs is 1. The Bertz CT molecular complexity index is 1160. The smallest absolute Gasteiger partial charge is 0.247 e. The van der Waals surface area contributed by atoms with Crippen LogP contribution in [0.2, 0.25) is 0 Å². The Balaban J connectivity index is 0.00000289. The third kappa shape index (κ3) is 4.65. The molecule has 3 aromatic rings. The van der Waals surface area contributed by atoms with Crippen molar-refractivity contribution in [1.82, 2.24) is 19.7 Å². The molecule has 1 N–H and O–H groups in total. The second-order valence-electron chi connectivity index (χ2n) is 8.14. The van der Waals surface area contributed by atoms with Crippen LogP contribution in [0.15, 0.2) is 24.5 Å². The molecule has 1 atom stereocenters. The zero-order chi connectivity index (χ0) is 22.1. The summed E-state index contributed by atoms with van der Waals surface area (Å²) in [5.74, 6) is 1.70. The Morgan fingerprint density at radius 2 is 2.06 bits per heavy atom. The number of nitriles is 1. The standard InChI is InChI=1S/C22H25N7OS.CH4/c1-13(2)20-22(30)27-19-14(3)25-18(26-21(19)28(20)4)8-5-15-10-24-29(11-15)12-17-7-6-16(9-23)31-17;/h6-7,10-11,13,20H,5,8,12H2,1-4H3,(H,27,30);1H4/t20-;/m0./s1. The van der Waals surface area contributed by atoms with E-state index < -0.39 is 0 Å². The third-order valence-corrected chi connectivity index (χ3v) is 6.41. The minimum Gasteiger partial charge on any atom is -0.346 e. The summed E-state index contributed by atoms with van der Waals surface area (Å²) in [7, 11) is 1.92. The molecule has 1 amide bonds. The lowest BCUT2D eigenvalue weighted by Crippen LogP contribution is -2.49. The number of thiophene rings is 1. The van der Waals surface area contributed by atoms with Crippen LogP contribution in [0.3, 0.4) is 0 Å². The Morgan fingerprint density at radius 1 is 1.28 bits per heavy atom. The van der Waals surface area contributed by atoms with Crippen LogP contribution in [0.25, 0.3) is 0 Å². The van der Waals surface area contributed by atoms with Gasteiger partial charge in [-0.05, 0) is 37.0 Å². The summed E-state index contributed by atoms with van der Waals surface area (Å²) in [6.07, 6.45) is 5.35. The number of aromatic nitrogens is 4. The molecule has 9 heteroatoms. The van der Waals surface area contributed by atoms with Crippen molar-refractivity contribution in [3.8, 4) is 6.07 Å². The maximum absolute atomic E-state index is 12.5. The van der Waals surface area contributed by atoms with Gasteiger partial charge in [0, 0.05) is 24.5 Å². The van der Waals surface area contributed by atoms with Gasteiger partial charge in [-0.25, -0.2) is 9.97 Å². The second-order valence-corrected chi connectivity index (χ2v) is 9.31.